The molecule has 1 rings (SSSR count). The maximum atomic E-state index is 14.1. The monoisotopic (exact) mass is 283 g/mol. The molecule has 1 atom stereocenters. The lowest BCUT2D eigenvalue weighted by Gasteiger charge is -2.39. The van der Waals surface area contributed by atoms with Gasteiger partial charge in [0.25, 0.3) is 0 Å². The van der Waals surface area contributed by atoms with Crippen molar-refractivity contribution < 1.29 is 19.0 Å². The minimum atomic E-state index is -1.10. The summed E-state index contributed by atoms with van der Waals surface area (Å²) in [6, 6.07) is 4.19. The number of methoxy groups -OCH3 is 1. The number of nitrogens with zero attached hydrogens (tertiary/aromatic N) is 1. The lowest BCUT2D eigenvalue weighted by molar-refractivity contribution is -0.150. The molecule has 0 saturated heterocycles. The highest BCUT2D eigenvalue weighted by Gasteiger charge is 2.38. The van der Waals surface area contributed by atoms with Gasteiger partial charge in [-0.2, -0.15) is 0 Å². The second-order valence-corrected chi connectivity index (χ2v) is 5.18. The van der Waals surface area contributed by atoms with Crippen LogP contribution in [-0.2, 0) is 4.79 Å². The zero-order chi connectivity index (χ0) is 15.5. The average molecular weight is 283 g/mol. The van der Waals surface area contributed by atoms with Crippen LogP contribution in [0.5, 0.6) is 5.75 Å². The molecule has 0 heterocycles. The van der Waals surface area contributed by atoms with Crippen molar-refractivity contribution in [2.75, 3.05) is 13.7 Å². The summed E-state index contributed by atoms with van der Waals surface area (Å²) >= 11 is 0. The van der Waals surface area contributed by atoms with Gasteiger partial charge in [0.1, 0.15) is 17.1 Å². The number of halogens is 1. The summed E-state index contributed by atoms with van der Waals surface area (Å²) in [5.74, 6) is -0.907. The van der Waals surface area contributed by atoms with E-state index in [1.807, 2.05) is 6.92 Å². The molecule has 20 heavy (non-hydrogen) atoms. The normalized spacial score (nSPS) is 13.3. The van der Waals surface area contributed by atoms with Crippen LogP contribution in [0.15, 0.2) is 18.2 Å². The Bertz CT molecular complexity index is 488. The number of carboxylic acids is 1. The molecule has 0 spiro atoms. The molecule has 0 aliphatic carbocycles. The van der Waals surface area contributed by atoms with Crippen molar-refractivity contribution >= 4 is 5.97 Å². The van der Waals surface area contributed by atoms with Crippen molar-refractivity contribution in [2.24, 2.45) is 0 Å². The summed E-state index contributed by atoms with van der Waals surface area (Å²) in [4.78, 5) is 13.2. The first-order valence-corrected chi connectivity index (χ1v) is 6.59. The molecule has 112 valence electrons. The van der Waals surface area contributed by atoms with E-state index in [0.29, 0.717) is 17.9 Å². The van der Waals surface area contributed by atoms with Crippen LogP contribution in [-0.4, -0.2) is 35.2 Å². The second kappa shape index (κ2) is 6.22. The number of rotatable bonds is 6. The number of benzene rings is 1. The quantitative estimate of drug-likeness (QED) is 0.871. The predicted octanol–water partition coefficient (Wildman–Crippen LogP) is 3.08. The van der Waals surface area contributed by atoms with Crippen LogP contribution in [0.2, 0.25) is 0 Å². The maximum absolute atomic E-state index is 14.1. The summed E-state index contributed by atoms with van der Waals surface area (Å²) in [7, 11) is 1.48. The SMILES string of the molecule is CCN(C(C)c1c(F)cccc1OC)C(C)(C)C(=O)O. The predicted molar refractivity (Wildman–Crippen MR) is 75.5 cm³/mol. The van der Waals surface area contributed by atoms with Crippen LogP contribution in [0.4, 0.5) is 4.39 Å². The molecule has 0 saturated carbocycles. The lowest BCUT2D eigenvalue weighted by atomic mass is 9.96. The number of carboxylic acid groups (broad SMARTS) is 1. The summed E-state index contributed by atoms with van der Waals surface area (Å²) in [5.41, 5.74) is -0.715. The van der Waals surface area contributed by atoms with Gasteiger partial charge in [-0.3, -0.25) is 9.69 Å². The summed E-state index contributed by atoms with van der Waals surface area (Å²) in [6.45, 7) is 7.35. The third-order valence-electron chi connectivity index (χ3n) is 3.70. The van der Waals surface area contributed by atoms with Crippen LogP contribution in [0.25, 0.3) is 0 Å². The van der Waals surface area contributed by atoms with Crippen molar-refractivity contribution in [1.82, 2.24) is 4.90 Å². The Kier molecular flexibility index (Phi) is 5.11. The van der Waals surface area contributed by atoms with E-state index in [0.717, 1.165) is 0 Å². The minimum absolute atomic E-state index is 0.381. The van der Waals surface area contributed by atoms with E-state index >= 15 is 0 Å². The van der Waals surface area contributed by atoms with Gasteiger partial charge in [0.2, 0.25) is 0 Å². The maximum Gasteiger partial charge on any atom is 0.323 e. The van der Waals surface area contributed by atoms with Gasteiger partial charge in [-0.25, -0.2) is 4.39 Å². The van der Waals surface area contributed by atoms with Crippen molar-refractivity contribution in [3.63, 3.8) is 0 Å². The Morgan fingerprint density at radius 1 is 1.50 bits per heavy atom. The molecule has 4 nitrogen and oxygen atoms in total. The van der Waals surface area contributed by atoms with Gasteiger partial charge >= 0.3 is 5.97 Å². The molecule has 0 bridgehead atoms. The van der Waals surface area contributed by atoms with E-state index in [1.54, 1.807) is 37.8 Å². The van der Waals surface area contributed by atoms with Crippen LogP contribution in [0, 0.1) is 5.82 Å². The summed E-state index contributed by atoms with van der Waals surface area (Å²) in [5, 5.41) is 9.37. The minimum Gasteiger partial charge on any atom is -0.496 e. The van der Waals surface area contributed by atoms with Crippen LogP contribution < -0.4 is 4.74 Å². The fourth-order valence-electron chi connectivity index (χ4n) is 2.53. The highest BCUT2D eigenvalue weighted by Crippen LogP contribution is 2.35. The van der Waals surface area contributed by atoms with E-state index < -0.39 is 23.4 Å². The molecular weight excluding hydrogens is 261 g/mol. The molecule has 1 aromatic rings. The largest absolute Gasteiger partial charge is 0.496 e. The van der Waals surface area contributed by atoms with Crippen molar-refractivity contribution in [2.45, 2.75) is 39.3 Å². The summed E-state index contributed by atoms with van der Waals surface area (Å²) in [6.07, 6.45) is 0. The van der Waals surface area contributed by atoms with Gasteiger partial charge < -0.3 is 9.84 Å². The molecule has 1 unspecified atom stereocenters. The number of aliphatic carboxylic acids is 1. The zero-order valence-electron chi connectivity index (χ0n) is 12.6. The van der Waals surface area contributed by atoms with Crippen molar-refractivity contribution in [1.29, 1.82) is 0 Å². The molecule has 0 aliphatic heterocycles. The third kappa shape index (κ3) is 2.93. The smallest absolute Gasteiger partial charge is 0.323 e. The zero-order valence-corrected chi connectivity index (χ0v) is 12.6. The number of hydrogen-bond acceptors (Lipinski definition) is 3. The van der Waals surface area contributed by atoms with Gasteiger partial charge in [0.05, 0.1) is 7.11 Å². The number of carbonyl (C=O) groups is 1. The number of likely N-dealkylation sites (N-methyl/N-ethyl adjacent to an activating group) is 1. The molecule has 0 radical (unpaired) electrons. The van der Waals surface area contributed by atoms with Crippen molar-refractivity contribution in [3.8, 4) is 5.75 Å². The summed E-state index contributed by atoms with van der Waals surface area (Å²) < 4.78 is 19.3. The van der Waals surface area contributed by atoms with E-state index in [2.05, 4.69) is 0 Å². The molecular formula is C15H22FNO3. The van der Waals surface area contributed by atoms with E-state index in [1.165, 1.54) is 13.2 Å². The fourth-order valence-corrected chi connectivity index (χ4v) is 2.53. The van der Waals surface area contributed by atoms with E-state index in [4.69, 9.17) is 4.74 Å². The van der Waals surface area contributed by atoms with Gasteiger partial charge in [-0.1, -0.05) is 13.0 Å². The molecule has 0 amide bonds. The first-order chi connectivity index (χ1) is 9.27. The first kappa shape index (κ1) is 16.4. The van der Waals surface area contributed by atoms with Gasteiger partial charge in [-0.05, 0) is 39.4 Å². The molecule has 5 heteroatoms. The van der Waals surface area contributed by atoms with Gasteiger partial charge in [0.15, 0.2) is 0 Å². The first-order valence-electron chi connectivity index (χ1n) is 6.59. The molecule has 0 aromatic heterocycles. The number of hydrogen-bond donors (Lipinski definition) is 1. The fraction of sp³-hybridized carbons (Fsp3) is 0.533. The molecule has 0 aliphatic rings. The number of ether oxygens (including phenoxy) is 1. The Labute approximate surface area is 119 Å². The van der Waals surface area contributed by atoms with Crippen LogP contribution in [0.1, 0.15) is 39.3 Å². The Morgan fingerprint density at radius 2 is 2.10 bits per heavy atom. The van der Waals surface area contributed by atoms with Gasteiger partial charge in [0, 0.05) is 11.6 Å². The standard InChI is InChI=1S/C15H22FNO3/c1-6-17(15(3,4)14(18)19)10(2)13-11(16)8-7-9-12(13)20-5/h7-10H,6H2,1-5H3,(H,18,19). The molecule has 0 fully saturated rings. The van der Waals surface area contributed by atoms with E-state index in [-0.39, 0.29) is 0 Å². The lowest BCUT2D eigenvalue weighted by Crippen LogP contribution is -2.51. The average Bonchev–Trinajstić information content (AvgIpc) is 2.38. The van der Waals surface area contributed by atoms with Crippen LogP contribution >= 0.6 is 0 Å². The highest BCUT2D eigenvalue weighted by atomic mass is 19.1. The highest BCUT2D eigenvalue weighted by molar-refractivity contribution is 5.77. The Morgan fingerprint density at radius 3 is 2.55 bits per heavy atom. The van der Waals surface area contributed by atoms with E-state index in [9.17, 15) is 14.3 Å². The van der Waals surface area contributed by atoms with Crippen molar-refractivity contribution in [3.05, 3.63) is 29.6 Å². The van der Waals surface area contributed by atoms with Gasteiger partial charge in [-0.15, -0.1) is 0 Å². The third-order valence-corrected chi connectivity index (χ3v) is 3.70. The second-order valence-electron chi connectivity index (χ2n) is 5.18. The van der Waals surface area contributed by atoms with Crippen LogP contribution in [0.3, 0.4) is 0 Å². The Balaban J connectivity index is 3.28. The Hall–Kier alpha value is -1.62. The topological polar surface area (TPSA) is 49.8 Å². The molecule has 1 aromatic carbocycles. The molecule has 1 N–H and O–H groups in total.